The molecule has 2 aromatic rings. The van der Waals surface area contributed by atoms with Crippen LogP contribution in [0.5, 0.6) is 0 Å². The molecule has 2 aromatic carbocycles. The largest absolute Gasteiger partial charge is 0.271 e. The van der Waals surface area contributed by atoms with Crippen molar-refractivity contribution in [1.29, 1.82) is 0 Å². The quantitative estimate of drug-likeness (QED) is 0.841. The fourth-order valence-electron chi connectivity index (χ4n) is 1.82. The van der Waals surface area contributed by atoms with E-state index < -0.39 is 11.8 Å². The molecular weight excluding hydrogens is 323 g/mol. The number of carbonyl (C=O) groups excluding carboxylic acids is 2. The molecule has 114 valence electrons. The van der Waals surface area contributed by atoms with Gasteiger partial charge in [0.05, 0.1) is 10.6 Å². The van der Waals surface area contributed by atoms with Crippen molar-refractivity contribution < 1.29 is 9.59 Å². The van der Waals surface area contributed by atoms with Crippen molar-refractivity contribution in [3.8, 4) is 0 Å². The normalized spacial score (nSPS) is 10.1. The van der Waals surface area contributed by atoms with Gasteiger partial charge in [-0.05, 0) is 42.3 Å². The van der Waals surface area contributed by atoms with Crippen LogP contribution in [-0.4, -0.2) is 11.8 Å². The smallest absolute Gasteiger partial charge is 0.267 e. The highest BCUT2D eigenvalue weighted by molar-refractivity contribution is 6.35. The van der Waals surface area contributed by atoms with Crippen LogP contribution >= 0.6 is 23.2 Å². The van der Waals surface area contributed by atoms with Crippen LogP contribution in [-0.2, 0) is 6.42 Å². The minimum absolute atomic E-state index is 0.191. The lowest BCUT2D eigenvalue weighted by molar-refractivity contribution is 0.0846. The summed E-state index contributed by atoms with van der Waals surface area (Å²) in [5, 5.41) is 0.638. The van der Waals surface area contributed by atoms with Gasteiger partial charge in [0.15, 0.2) is 0 Å². The Balaban J connectivity index is 2.00. The van der Waals surface area contributed by atoms with Gasteiger partial charge in [0.2, 0.25) is 0 Å². The zero-order valence-electron chi connectivity index (χ0n) is 11.8. The van der Waals surface area contributed by atoms with Crippen LogP contribution in [0.3, 0.4) is 0 Å². The van der Waals surface area contributed by atoms with E-state index in [1.807, 2.05) is 19.1 Å². The number of nitrogens with one attached hydrogen (secondary N) is 2. The second-order valence-electron chi connectivity index (χ2n) is 4.58. The Morgan fingerprint density at radius 2 is 1.59 bits per heavy atom. The first-order valence-electron chi connectivity index (χ1n) is 6.66. The third kappa shape index (κ3) is 4.00. The maximum atomic E-state index is 12.0. The van der Waals surface area contributed by atoms with Gasteiger partial charge in [-0.25, -0.2) is 0 Å². The van der Waals surface area contributed by atoms with Crippen molar-refractivity contribution in [2.45, 2.75) is 13.3 Å². The number of halogens is 2. The van der Waals surface area contributed by atoms with Gasteiger partial charge in [-0.3, -0.25) is 20.4 Å². The van der Waals surface area contributed by atoms with E-state index in [-0.39, 0.29) is 10.6 Å². The van der Waals surface area contributed by atoms with Crippen LogP contribution in [0, 0.1) is 0 Å². The summed E-state index contributed by atoms with van der Waals surface area (Å²) in [4.78, 5) is 23.9. The van der Waals surface area contributed by atoms with E-state index in [1.165, 1.54) is 12.1 Å². The molecule has 0 spiro atoms. The van der Waals surface area contributed by atoms with Crippen LogP contribution in [0.25, 0.3) is 0 Å². The van der Waals surface area contributed by atoms with E-state index in [0.29, 0.717) is 10.6 Å². The molecule has 0 aliphatic carbocycles. The Morgan fingerprint density at radius 1 is 0.955 bits per heavy atom. The highest BCUT2D eigenvalue weighted by Crippen LogP contribution is 2.20. The average Bonchev–Trinajstić information content (AvgIpc) is 2.54. The molecule has 0 saturated heterocycles. The van der Waals surface area contributed by atoms with E-state index in [4.69, 9.17) is 23.2 Å². The summed E-state index contributed by atoms with van der Waals surface area (Å²) < 4.78 is 0. The van der Waals surface area contributed by atoms with Crippen molar-refractivity contribution in [3.63, 3.8) is 0 Å². The Morgan fingerprint density at radius 3 is 2.23 bits per heavy atom. The molecule has 0 atom stereocenters. The van der Waals surface area contributed by atoms with E-state index >= 15 is 0 Å². The molecule has 0 saturated carbocycles. The SMILES string of the molecule is CCc1ccc(C(=O)NNC(=O)c2cc(Cl)ccc2Cl)cc1. The molecule has 0 aliphatic rings. The standard InChI is InChI=1S/C16H14Cl2N2O2/c1-2-10-3-5-11(6-4-10)15(21)19-20-16(22)13-9-12(17)7-8-14(13)18/h3-9H,2H2,1H3,(H,19,21)(H,20,22). The summed E-state index contributed by atoms with van der Waals surface area (Å²) in [6.07, 6.45) is 0.895. The lowest BCUT2D eigenvalue weighted by atomic mass is 10.1. The fraction of sp³-hybridized carbons (Fsp3) is 0.125. The third-order valence-electron chi connectivity index (χ3n) is 3.09. The van der Waals surface area contributed by atoms with E-state index in [9.17, 15) is 9.59 Å². The van der Waals surface area contributed by atoms with Gasteiger partial charge in [-0.15, -0.1) is 0 Å². The van der Waals surface area contributed by atoms with Crippen LogP contribution in [0.4, 0.5) is 0 Å². The van der Waals surface area contributed by atoms with Gasteiger partial charge in [-0.1, -0.05) is 42.3 Å². The molecule has 0 radical (unpaired) electrons. The van der Waals surface area contributed by atoms with Crippen molar-refractivity contribution in [3.05, 3.63) is 69.2 Å². The molecule has 2 amide bonds. The summed E-state index contributed by atoms with van der Waals surface area (Å²) in [6.45, 7) is 2.03. The first kappa shape index (κ1) is 16.3. The maximum absolute atomic E-state index is 12.0. The maximum Gasteiger partial charge on any atom is 0.271 e. The molecular formula is C16H14Cl2N2O2. The Hall–Kier alpha value is -2.04. The number of aryl methyl sites for hydroxylation is 1. The van der Waals surface area contributed by atoms with Gasteiger partial charge in [0, 0.05) is 10.6 Å². The van der Waals surface area contributed by atoms with Crippen LogP contribution in [0.15, 0.2) is 42.5 Å². The summed E-state index contributed by atoms with van der Waals surface area (Å²) in [5.41, 5.74) is 6.43. The minimum atomic E-state index is -0.536. The third-order valence-corrected chi connectivity index (χ3v) is 3.65. The highest BCUT2D eigenvalue weighted by Gasteiger charge is 2.12. The number of benzene rings is 2. The van der Waals surface area contributed by atoms with Crippen LogP contribution in [0.2, 0.25) is 10.0 Å². The molecule has 0 unspecified atom stereocenters. The second kappa shape index (κ2) is 7.29. The van der Waals surface area contributed by atoms with E-state index in [0.717, 1.165) is 12.0 Å². The first-order valence-corrected chi connectivity index (χ1v) is 7.41. The van der Waals surface area contributed by atoms with Gasteiger partial charge >= 0.3 is 0 Å². The topological polar surface area (TPSA) is 58.2 Å². The molecule has 22 heavy (non-hydrogen) atoms. The first-order chi connectivity index (χ1) is 10.5. The summed E-state index contributed by atoms with van der Waals surface area (Å²) in [6, 6.07) is 11.7. The molecule has 0 aliphatic heterocycles. The molecule has 6 heteroatoms. The monoisotopic (exact) mass is 336 g/mol. The molecule has 0 aromatic heterocycles. The lowest BCUT2D eigenvalue weighted by Crippen LogP contribution is -2.41. The summed E-state index contributed by atoms with van der Waals surface area (Å²) in [5.74, 6) is -0.944. The van der Waals surface area contributed by atoms with Gasteiger partial charge in [0.25, 0.3) is 11.8 Å². The average molecular weight is 337 g/mol. The molecule has 0 heterocycles. The number of hydrogen-bond acceptors (Lipinski definition) is 2. The van der Waals surface area contributed by atoms with Crippen LogP contribution < -0.4 is 10.9 Å². The van der Waals surface area contributed by atoms with Crippen molar-refractivity contribution in [2.24, 2.45) is 0 Å². The molecule has 4 nitrogen and oxygen atoms in total. The number of amides is 2. The number of hydrogen-bond donors (Lipinski definition) is 2. The predicted molar refractivity (Wildman–Crippen MR) is 87.2 cm³/mol. The Bertz CT molecular complexity index is 700. The zero-order valence-corrected chi connectivity index (χ0v) is 13.3. The molecule has 2 rings (SSSR count). The highest BCUT2D eigenvalue weighted by atomic mass is 35.5. The molecule has 0 fully saturated rings. The van der Waals surface area contributed by atoms with Crippen molar-refractivity contribution >= 4 is 35.0 Å². The number of rotatable bonds is 3. The van der Waals surface area contributed by atoms with Gasteiger partial charge in [-0.2, -0.15) is 0 Å². The van der Waals surface area contributed by atoms with Crippen LogP contribution in [0.1, 0.15) is 33.2 Å². The molecule has 0 bridgehead atoms. The Kier molecular flexibility index (Phi) is 5.41. The van der Waals surface area contributed by atoms with E-state index in [2.05, 4.69) is 10.9 Å². The van der Waals surface area contributed by atoms with Gasteiger partial charge in [0.1, 0.15) is 0 Å². The summed E-state index contributed by atoms with van der Waals surface area (Å²) in [7, 11) is 0. The van der Waals surface area contributed by atoms with Gasteiger partial charge < -0.3 is 0 Å². The summed E-state index contributed by atoms with van der Waals surface area (Å²) >= 11 is 11.7. The molecule has 2 N–H and O–H groups in total. The number of carbonyl (C=O) groups is 2. The lowest BCUT2D eigenvalue weighted by Gasteiger charge is -2.09. The fourth-order valence-corrected chi connectivity index (χ4v) is 2.19. The van der Waals surface area contributed by atoms with Crippen molar-refractivity contribution in [2.75, 3.05) is 0 Å². The van der Waals surface area contributed by atoms with Crippen molar-refractivity contribution in [1.82, 2.24) is 10.9 Å². The predicted octanol–water partition coefficient (Wildman–Crippen LogP) is 3.63. The number of hydrazine groups is 1. The second-order valence-corrected chi connectivity index (χ2v) is 5.43. The minimum Gasteiger partial charge on any atom is -0.267 e. The Labute approximate surface area is 138 Å². The zero-order chi connectivity index (χ0) is 16.1. The van der Waals surface area contributed by atoms with E-state index in [1.54, 1.807) is 18.2 Å².